The van der Waals surface area contributed by atoms with E-state index < -0.39 is 8.32 Å². The highest BCUT2D eigenvalue weighted by atomic mass is 28.4. The number of carbonyl (C=O) groups is 1. The number of carbonyl (C=O) groups excluding carboxylic acids is 1. The number of hydrogen-bond acceptors (Lipinski definition) is 2. The van der Waals surface area contributed by atoms with Crippen LogP contribution in [0.25, 0.3) is 0 Å². The minimum atomic E-state index is -1.83. The highest BCUT2D eigenvalue weighted by Crippen LogP contribution is 2.38. The lowest BCUT2D eigenvalue weighted by atomic mass is 9.87. The molecule has 17 heavy (non-hydrogen) atoms. The second-order valence-electron chi connectivity index (χ2n) is 6.26. The van der Waals surface area contributed by atoms with Crippen LogP contribution in [0.5, 0.6) is 0 Å². The predicted molar refractivity (Wildman–Crippen MR) is 72.0 cm³/mol. The average molecular weight is 253 g/mol. The molecule has 0 unspecified atom stereocenters. The van der Waals surface area contributed by atoms with Crippen molar-refractivity contribution in [1.29, 1.82) is 0 Å². The molecule has 0 radical (unpaired) electrons. The molecule has 1 aliphatic heterocycles. The van der Waals surface area contributed by atoms with Crippen LogP contribution in [0.3, 0.4) is 0 Å². The Bertz CT molecular complexity index is 351. The van der Waals surface area contributed by atoms with Gasteiger partial charge in [0, 0.05) is 0 Å². The van der Waals surface area contributed by atoms with Gasteiger partial charge in [0.05, 0.1) is 12.0 Å². The Hall–Kier alpha value is -0.793. The van der Waals surface area contributed by atoms with Gasteiger partial charge in [-0.05, 0) is 25.1 Å². The summed E-state index contributed by atoms with van der Waals surface area (Å²) in [5.41, 5.74) is 0. The van der Waals surface area contributed by atoms with Gasteiger partial charge in [-0.15, -0.1) is 6.42 Å². The molecule has 1 amide bonds. The van der Waals surface area contributed by atoms with E-state index in [1.807, 2.05) is 6.92 Å². The average Bonchev–Trinajstić information content (AvgIpc) is 2.10. The molecule has 1 N–H and O–H groups in total. The minimum Gasteiger partial charge on any atom is -0.413 e. The van der Waals surface area contributed by atoms with Crippen molar-refractivity contribution in [2.24, 2.45) is 5.92 Å². The van der Waals surface area contributed by atoms with Crippen LogP contribution in [0.1, 0.15) is 27.7 Å². The van der Waals surface area contributed by atoms with Gasteiger partial charge in [-0.3, -0.25) is 4.79 Å². The van der Waals surface area contributed by atoms with E-state index in [0.717, 1.165) is 0 Å². The summed E-state index contributed by atoms with van der Waals surface area (Å²) in [6.45, 7) is 12.9. The smallest absolute Gasteiger partial charge is 0.229 e. The topological polar surface area (TPSA) is 38.3 Å². The van der Waals surface area contributed by atoms with E-state index in [0.29, 0.717) is 0 Å². The van der Waals surface area contributed by atoms with E-state index in [4.69, 9.17) is 10.8 Å². The first kappa shape index (κ1) is 14.3. The second kappa shape index (κ2) is 4.47. The predicted octanol–water partition coefficient (Wildman–Crippen LogP) is 2.14. The second-order valence-corrected chi connectivity index (χ2v) is 11.0. The zero-order chi connectivity index (χ0) is 13.4. The summed E-state index contributed by atoms with van der Waals surface area (Å²) in [4.78, 5) is 11.5. The molecule has 1 aliphatic rings. The van der Waals surface area contributed by atoms with E-state index in [-0.39, 0.29) is 29.0 Å². The van der Waals surface area contributed by atoms with Crippen LogP contribution in [-0.4, -0.2) is 26.4 Å². The van der Waals surface area contributed by atoms with Crippen LogP contribution < -0.4 is 5.32 Å². The van der Waals surface area contributed by atoms with E-state index in [1.54, 1.807) is 0 Å². The Labute approximate surface area is 105 Å². The molecule has 0 aromatic rings. The molecule has 0 aromatic carbocycles. The molecule has 0 bridgehead atoms. The fraction of sp³-hybridized carbons (Fsp3) is 0.769. The summed E-state index contributed by atoms with van der Waals surface area (Å²) < 4.78 is 6.19. The van der Waals surface area contributed by atoms with Crippen LogP contribution in [0.2, 0.25) is 18.1 Å². The first-order valence-electron chi connectivity index (χ1n) is 6.04. The number of rotatable bonds is 3. The molecule has 1 saturated heterocycles. The van der Waals surface area contributed by atoms with Crippen molar-refractivity contribution < 1.29 is 9.22 Å². The summed E-state index contributed by atoms with van der Waals surface area (Å²) in [6.07, 6.45) is 5.26. The van der Waals surface area contributed by atoms with Crippen molar-refractivity contribution in [3.63, 3.8) is 0 Å². The molecule has 3 atom stereocenters. The van der Waals surface area contributed by atoms with Gasteiger partial charge in [-0.2, -0.15) is 0 Å². The van der Waals surface area contributed by atoms with E-state index in [1.165, 1.54) is 0 Å². The molecule has 0 spiro atoms. The fourth-order valence-corrected chi connectivity index (χ4v) is 3.17. The Morgan fingerprint density at radius 2 is 2.00 bits per heavy atom. The minimum absolute atomic E-state index is 0.0131. The molecule has 3 nitrogen and oxygen atoms in total. The van der Waals surface area contributed by atoms with Gasteiger partial charge in [-0.25, -0.2) is 0 Å². The van der Waals surface area contributed by atoms with Crippen LogP contribution >= 0.6 is 0 Å². The standard InChI is InChI=1S/C13H23NO2Si/c1-8-10-11(12(15)14-10)9(2)16-17(6,7)13(3,4)5/h1,9-11H,2-7H3,(H,14,15)/t9-,10+,11-/m0/s1. The highest BCUT2D eigenvalue weighted by molar-refractivity contribution is 6.74. The van der Waals surface area contributed by atoms with Crippen LogP contribution in [0.4, 0.5) is 0 Å². The van der Waals surface area contributed by atoms with Gasteiger partial charge >= 0.3 is 0 Å². The van der Waals surface area contributed by atoms with Gasteiger partial charge in [-0.1, -0.05) is 26.7 Å². The highest BCUT2D eigenvalue weighted by Gasteiger charge is 2.46. The molecule has 4 heteroatoms. The third-order valence-corrected chi connectivity index (χ3v) is 8.51. The van der Waals surface area contributed by atoms with Crippen molar-refractivity contribution in [3.8, 4) is 12.3 Å². The molecule has 1 rings (SSSR count). The SMILES string of the molecule is C#C[C@H]1NC(=O)[C@H]1[C@H](C)O[Si](C)(C)C(C)(C)C. The molecule has 0 aromatic heterocycles. The Morgan fingerprint density at radius 1 is 1.47 bits per heavy atom. The van der Waals surface area contributed by atoms with Crippen molar-refractivity contribution >= 4 is 14.2 Å². The lowest BCUT2D eigenvalue weighted by Gasteiger charge is -2.43. The zero-order valence-corrected chi connectivity index (χ0v) is 12.6. The number of amides is 1. The van der Waals surface area contributed by atoms with Gasteiger partial charge in [0.25, 0.3) is 0 Å². The Morgan fingerprint density at radius 3 is 2.35 bits per heavy atom. The molecule has 0 saturated carbocycles. The third-order valence-electron chi connectivity index (χ3n) is 3.93. The Kier molecular flexibility index (Phi) is 3.75. The monoisotopic (exact) mass is 253 g/mol. The Balaban J connectivity index is 2.70. The van der Waals surface area contributed by atoms with Crippen LogP contribution in [-0.2, 0) is 9.22 Å². The number of β-lactam (4-membered cyclic amide) rings is 1. The maximum atomic E-state index is 11.5. The van der Waals surface area contributed by atoms with Gasteiger partial charge < -0.3 is 9.74 Å². The quantitative estimate of drug-likeness (QED) is 0.475. The van der Waals surface area contributed by atoms with Gasteiger partial charge in [0.2, 0.25) is 5.91 Å². The molecule has 96 valence electrons. The first-order valence-corrected chi connectivity index (χ1v) is 8.95. The summed E-state index contributed by atoms with van der Waals surface area (Å²) in [5, 5.41) is 2.85. The number of terminal acetylenes is 1. The zero-order valence-electron chi connectivity index (χ0n) is 11.6. The van der Waals surface area contributed by atoms with Crippen molar-refractivity contribution in [1.82, 2.24) is 5.32 Å². The van der Waals surface area contributed by atoms with E-state index in [9.17, 15) is 4.79 Å². The van der Waals surface area contributed by atoms with Crippen LogP contribution in [0, 0.1) is 18.3 Å². The molecule has 0 aliphatic carbocycles. The van der Waals surface area contributed by atoms with Gasteiger partial charge in [0.1, 0.15) is 6.04 Å². The molecular weight excluding hydrogens is 230 g/mol. The van der Waals surface area contributed by atoms with Crippen molar-refractivity contribution in [2.45, 2.75) is 58.0 Å². The van der Waals surface area contributed by atoms with Crippen molar-refractivity contribution in [3.05, 3.63) is 0 Å². The first-order chi connectivity index (χ1) is 7.60. The number of nitrogens with one attached hydrogen (secondary N) is 1. The lowest BCUT2D eigenvalue weighted by Crippen LogP contribution is -2.63. The van der Waals surface area contributed by atoms with E-state index in [2.05, 4.69) is 45.1 Å². The third kappa shape index (κ3) is 2.72. The molecule has 1 fully saturated rings. The van der Waals surface area contributed by atoms with E-state index >= 15 is 0 Å². The summed E-state index contributed by atoms with van der Waals surface area (Å²) >= 11 is 0. The summed E-state index contributed by atoms with van der Waals surface area (Å²) in [6, 6.07) is -0.165. The maximum absolute atomic E-state index is 11.5. The normalized spacial score (nSPS) is 26.8. The van der Waals surface area contributed by atoms with Gasteiger partial charge in [0.15, 0.2) is 8.32 Å². The molecule has 1 heterocycles. The van der Waals surface area contributed by atoms with Crippen LogP contribution in [0.15, 0.2) is 0 Å². The maximum Gasteiger partial charge on any atom is 0.229 e. The lowest BCUT2D eigenvalue weighted by molar-refractivity contribution is -0.137. The number of hydrogen-bond donors (Lipinski definition) is 1. The summed E-state index contributed by atoms with van der Waals surface area (Å²) in [5.74, 6) is 2.42. The molecular formula is C13H23NO2Si. The summed E-state index contributed by atoms with van der Waals surface area (Å²) in [7, 11) is -1.83. The van der Waals surface area contributed by atoms with Crippen molar-refractivity contribution in [2.75, 3.05) is 0 Å². The fourth-order valence-electron chi connectivity index (χ4n) is 1.74. The largest absolute Gasteiger partial charge is 0.413 e.